The molecule has 0 radical (unpaired) electrons. The van der Waals surface area contributed by atoms with Crippen molar-refractivity contribution < 1.29 is 14.7 Å². The number of hydrogen-bond acceptors (Lipinski definition) is 3. The van der Waals surface area contributed by atoms with Gasteiger partial charge in [0, 0.05) is 12.1 Å². The SMILES string of the molecule is O=C(O)c1ccnc(NC(=O)C2CCCCC2)c1. The van der Waals surface area contributed by atoms with Gasteiger partial charge < -0.3 is 10.4 Å². The molecule has 1 aliphatic rings. The topological polar surface area (TPSA) is 79.3 Å². The van der Waals surface area contributed by atoms with Gasteiger partial charge in [-0.2, -0.15) is 0 Å². The molecule has 0 unspecified atom stereocenters. The largest absolute Gasteiger partial charge is 0.478 e. The Morgan fingerprint density at radius 1 is 1.28 bits per heavy atom. The van der Waals surface area contributed by atoms with E-state index in [4.69, 9.17) is 5.11 Å². The zero-order chi connectivity index (χ0) is 13.0. The minimum Gasteiger partial charge on any atom is -0.478 e. The zero-order valence-electron chi connectivity index (χ0n) is 10.1. The summed E-state index contributed by atoms with van der Waals surface area (Å²) in [4.78, 5) is 26.7. The molecule has 5 nitrogen and oxygen atoms in total. The molecule has 5 heteroatoms. The number of carbonyl (C=O) groups excluding carboxylic acids is 1. The molecular weight excluding hydrogens is 232 g/mol. The lowest BCUT2D eigenvalue weighted by atomic mass is 9.89. The van der Waals surface area contributed by atoms with Crippen LogP contribution in [0.2, 0.25) is 0 Å². The smallest absolute Gasteiger partial charge is 0.335 e. The molecule has 1 aliphatic carbocycles. The van der Waals surface area contributed by atoms with Crippen LogP contribution in [0.4, 0.5) is 5.82 Å². The van der Waals surface area contributed by atoms with E-state index < -0.39 is 5.97 Å². The number of carboxylic acids is 1. The fraction of sp³-hybridized carbons (Fsp3) is 0.462. The Hall–Kier alpha value is -1.91. The molecule has 0 aromatic carbocycles. The van der Waals surface area contributed by atoms with Gasteiger partial charge in [0.15, 0.2) is 0 Å². The van der Waals surface area contributed by atoms with E-state index in [2.05, 4.69) is 10.3 Å². The number of anilines is 1. The summed E-state index contributed by atoms with van der Waals surface area (Å²) < 4.78 is 0. The molecule has 1 heterocycles. The highest BCUT2D eigenvalue weighted by Gasteiger charge is 2.21. The van der Waals surface area contributed by atoms with Crippen molar-refractivity contribution in [3.05, 3.63) is 23.9 Å². The van der Waals surface area contributed by atoms with Crippen LogP contribution in [-0.4, -0.2) is 22.0 Å². The molecule has 96 valence electrons. The molecule has 2 N–H and O–H groups in total. The summed E-state index contributed by atoms with van der Waals surface area (Å²) in [6.07, 6.45) is 6.56. The van der Waals surface area contributed by atoms with Crippen LogP contribution in [-0.2, 0) is 4.79 Å². The molecule has 0 aliphatic heterocycles. The summed E-state index contributed by atoms with van der Waals surface area (Å²) >= 11 is 0. The van der Waals surface area contributed by atoms with Gasteiger partial charge in [-0.1, -0.05) is 19.3 Å². The average molecular weight is 248 g/mol. The van der Waals surface area contributed by atoms with E-state index in [1.165, 1.54) is 24.8 Å². The minimum atomic E-state index is -1.02. The van der Waals surface area contributed by atoms with E-state index in [0.29, 0.717) is 5.82 Å². The number of aromatic carboxylic acids is 1. The molecule has 1 aromatic heterocycles. The molecule has 2 rings (SSSR count). The second-order valence-corrected chi connectivity index (χ2v) is 4.56. The van der Waals surface area contributed by atoms with Crippen molar-refractivity contribution in [3.8, 4) is 0 Å². The number of nitrogens with zero attached hydrogens (tertiary/aromatic N) is 1. The van der Waals surface area contributed by atoms with E-state index in [1.54, 1.807) is 0 Å². The van der Waals surface area contributed by atoms with Gasteiger partial charge in [-0.25, -0.2) is 9.78 Å². The van der Waals surface area contributed by atoms with Crippen molar-refractivity contribution in [2.75, 3.05) is 5.32 Å². The van der Waals surface area contributed by atoms with Crippen LogP contribution in [0.5, 0.6) is 0 Å². The van der Waals surface area contributed by atoms with Crippen LogP contribution in [0.15, 0.2) is 18.3 Å². The van der Waals surface area contributed by atoms with Gasteiger partial charge in [0.25, 0.3) is 0 Å². The Balaban J connectivity index is 2.02. The number of pyridine rings is 1. The van der Waals surface area contributed by atoms with Crippen molar-refractivity contribution in [2.45, 2.75) is 32.1 Å². The summed E-state index contributed by atoms with van der Waals surface area (Å²) in [6, 6.07) is 2.78. The zero-order valence-corrected chi connectivity index (χ0v) is 10.1. The maximum Gasteiger partial charge on any atom is 0.335 e. The first-order valence-electron chi connectivity index (χ1n) is 6.17. The molecule has 0 bridgehead atoms. The number of carbonyl (C=O) groups is 2. The van der Waals surface area contributed by atoms with Gasteiger partial charge in [-0.15, -0.1) is 0 Å². The molecule has 1 amide bonds. The molecule has 1 saturated carbocycles. The molecule has 18 heavy (non-hydrogen) atoms. The highest BCUT2D eigenvalue weighted by atomic mass is 16.4. The van der Waals surface area contributed by atoms with Crippen LogP contribution in [0.3, 0.4) is 0 Å². The Labute approximate surface area is 105 Å². The first-order valence-corrected chi connectivity index (χ1v) is 6.17. The predicted octanol–water partition coefficient (Wildman–Crippen LogP) is 2.30. The van der Waals surface area contributed by atoms with Crippen LogP contribution in [0.25, 0.3) is 0 Å². The van der Waals surface area contributed by atoms with Crippen LogP contribution in [0.1, 0.15) is 42.5 Å². The first-order chi connectivity index (χ1) is 8.66. The van der Waals surface area contributed by atoms with E-state index in [0.717, 1.165) is 25.7 Å². The number of aromatic nitrogens is 1. The number of rotatable bonds is 3. The summed E-state index contributed by atoms with van der Waals surface area (Å²) in [5.41, 5.74) is 0.129. The third kappa shape index (κ3) is 3.06. The lowest BCUT2D eigenvalue weighted by molar-refractivity contribution is -0.120. The molecule has 0 saturated heterocycles. The standard InChI is InChI=1S/C13H16N2O3/c16-12(9-4-2-1-3-5-9)15-11-8-10(13(17)18)6-7-14-11/h6-9H,1-5H2,(H,17,18)(H,14,15,16). The number of nitrogens with one attached hydrogen (secondary N) is 1. The minimum absolute atomic E-state index is 0.0361. The van der Waals surface area contributed by atoms with Crippen molar-refractivity contribution >= 4 is 17.7 Å². The van der Waals surface area contributed by atoms with E-state index >= 15 is 0 Å². The highest BCUT2D eigenvalue weighted by molar-refractivity contribution is 5.93. The normalized spacial score (nSPS) is 16.2. The first kappa shape index (κ1) is 12.5. The average Bonchev–Trinajstić information content (AvgIpc) is 2.40. The predicted molar refractivity (Wildman–Crippen MR) is 66.4 cm³/mol. The number of hydrogen-bond donors (Lipinski definition) is 2. The Kier molecular flexibility index (Phi) is 3.92. The van der Waals surface area contributed by atoms with Crippen LogP contribution in [0, 0.1) is 5.92 Å². The van der Waals surface area contributed by atoms with Crippen molar-refractivity contribution in [2.24, 2.45) is 5.92 Å². The van der Waals surface area contributed by atoms with Gasteiger partial charge in [-0.05, 0) is 25.0 Å². The fourth-order valence-electron chi connectivity index (χ4n) is 2.22. The van der Waals surface area contributed by atoms with E-state index in [1.807, 2.05) is 0 Å². The molecule has 1 aromatic rings. The summed E-state index contributed by atoms with van der Waals surface area (Å²) in [5.74, 6) is -0.727. The number of amides is 1. The van der Waals surface area contributed by atoms with Crippen LogP contribution < -0.4 is 5.32 Å². The van der Waals surface area contributed by atoms with E-state index in [-0.39, 0.29) is 17.4 Å². The monoisotopic (exact) mass is 248 g/mol. The van der Waals surface area contributed by atoms with Gasteiger partial charge in [0.1, 0.15) is 5.82 Å². The maximum atomic E-state index is 12.0. The van der Waals surface area contributed by atoms with Crippen molar-refractivity contribution in [1.29, 1.82) is 0 Å². The molecule has 1 fully saturated rings. The summed E-state index contributed by atoms with van der Waals surface area (Å²) in [7, 11) is 0. The third-order valence-electron chi connectivity index (χ3n) is 3.23. The van der Waals surface area contributed by atoms with Gasteiger partial charge >= 0.3 is 5.97 Å². The Morgan fingerprint density at radius 3 is 2.67 bits per heavy atom. The molecule has 0 spiro atoms. The molecule has 0 atom stereocenters. The lowest BCUT2D eigenvalue weighted by Crippen LogP contribution is -2.25. The van der Waals surface area contributed by atoms with Crippen molar-refractivity contribution in [3.63, 3.8) is 0 Å². The maximum absolute atomic E-state index is 12.0. The number of carboxylic acid groups (broad SMARTS) is 1. The second-order valence-electron chi connectivity index (χ2n) is 4.56. The fourth-order valence-corrected chi connectivity index (χ4v) is 2.22. The highest BCUT2D eigenvalue weighted by Crippen LogP contribution is 2.24. The molecular formula is C13H16N2O3. The Morgan fingerprint density at radius 2 is 2.00 bits per heavy atom. The van der Waals surface area contributed by atoms with Crippen molar-refractivity contribution in [1.82, 2.24) is 4.98 Å². The van der Waals surface area contributed by atoms with Gasteiger partial charge in [0.05, 0.1) is 5.56 Å². The van der Waals surface area contributed by atoms with Crippen LogP contribution >= 0.6 is 0 Å². The third-order valence-corrected chi connectivity index (χ3v) is 3.23. The second kappa shape index (κ2) is 5.62. The van der Waals surface area contributed by atoms with Gasteiger partial charge in [-0.3, -0.25) is 4.79 Å². The lowest BCUT2D eigenvalue weighted by Gasteiger charge is -2.20. The van der Waals surface area contributed by atoms with Gasteiger partial charge in [0.2, 0.25) is 5.91 Å². The van der Waals surface area contributed by atoms with E-state index in [9.17, 15) is 9.59 Å². The summed E-state index contributed by atoms with van der Waals surface area (Å²) in [5, 5.41) is 11.5. The summed E-state index contributed by atoms with van der Waals surface area (Å²) in [6.45, 7) is 0. The quantitative estimate of drug-likeness (QED) is 0.860. The Bertz CT molecular complexity index is 453.